The lowest BCUT2D eigenvalue weighted by atomic mass is 9.98. The number of fused-ring (bicyclic) bond motifs is 3. The van der Waals surface area contributed by atoms with Crippen LogP contribution in [0.5, 0.6) is 0 Å². The van der Waals surface area contributed by atoms with Crippen molar-refractivity contribution in [3.05, 3.63) is 89.5 Å². The SMILES string of the molecule is NC(=S)Nc1ccc(C(O)C(O)CNC(=O)OCC2c3ccccc3-c3ccccc32)cc1. The number of amides is 1. The molecule has 3 aromatic rings. The van der Waals surface area contributed by atoms with Gasteiger partial charge in [0, 0.05) is 18.2 Å². The summed E-state index contributed by atoms with van der Waals surface area (Å²) in [5, 5.41) is 26.1. The molecule has 170 valence electrons. The highest BCUT2D eigenvalue weighted by Crippen LogP contribution is 2.44. The normalized spacial score (nSPS) is 14.0. The Bertz CT molecular complexity index is 1110. The van der Waals surface area contributed by atoms with Gasteiger partial charge in [0.05, 0.1) is 0 Å². The standard InChI is InChI=1S/C25H25N3O4S/c26-24(33)28-16-11-9-15(10-12-16)23(30)22(29)13-27-25(31)32-14-21-19-7-3-1-5-17(19)18-6-2-4-8-20(18)21/h1-12,21-23,29-30H,13-14H2,(H,27,31)(H3,26,28,33). The number of hydrogen-bond acceptors (Lipinski definition) is 5. The molecule has 1 amide bonds. The van der Waals surface area contributed by atoms with Crippen LogP contribution in [0.4, 0.5) is 10.5 Å². The molecule has 7 nitrogen and oxygen atoms in total. The Balaban J connectivity index is 1.30. The van der Waals surface area contributed by atoms with Crippen LogP contribution in [0.15, 0.2) is 72.8 Å². The summed E-state index contributed by atoms with van der Waals surface area (Å²) in [6.07, 6.45) is -3.04. The number of anilines is 1. The Morgan fingerprint density at radius 2 is 1.55 bits per heavy atom. The minimum absolute atomic E-state index is 0.0489. The van der Waals surface area contributed by atoms with Gasteiger partial charge >= 0.3 is 6.09 Å². The first kappa shape index (κ1) is 22.7. The third-order valence-corrected chi connectivity index (χ3v) is 5.79. The molecule has 8 heteroatoms. The van der Waals surface area contributed by atoms with E-state index in [4.69, 9.17) is 22.7 Å². The Morgan fingerprint density at radius 1 is 0.970 bits per heavy atom. The van der Waals surface area contributed by atoms with Crippen LogP contribution in [-0.2, 0) is 4.74 Å². The van der Waals surface area contributed by atoms with Crippen molar-refractivity contribution in [3.63, 3.8) is 0 Å². The van der Waals surface area contributed by atoms with E-state index in [0.29, 0.717) is 11.3 Å². The van der Waals surface area contributed by atoms with E-state index in [1.54, 1.807) is 24.3 Å². The second-order valence-electron chi connectivity index (χ2n) is 7.83. The van der Waals surface area contributed by atoms with Crippen molar-refractivity contribution < 1.29 is 19.7 Å². The molecule has 2 unspecified atom stereocenters. The summed E-state index contributed by atoms with van der Waals surface area (Å²) < 4.78 is 5.45. The number of ether oxygens (including phenoxy) is 1. The fourth-order valence-corrected chi connectivity index (χ4v) is 4.19. The predicted molar refractivity (Wildman–Crippen MR) is 131 cm³/mol. The van der Waals surface area contributed by atoms with Crippen LogP contribution in [0.1, 0.15) is 28.7 Å². The highest BCUT2D eigenvalue weighted by Gasteiger charge is 2.29. The van der Waals surface area contributed by atoms with Gasteiger partial charge in [0.2, 0.25) is 0 Å². The third-order valence-electron chi connectivity index (χ3n) is 5.68. The molecule has 1 aliphatic rings. The van der Waals surface area contributed by atoms with E-state index >= 15 is 0 Å². The molecule has 3 aromatic carbocycles. The van der Waals surface area contributed by atoms with E-state index in [0.717, 1.165) is 22.3 Å². The Hall–Kier alpha value is -3.46. The maximum atomic E-state index is 12.3. The monoisotopic (exact) mass is 463 g/mol. The van der Waals surface area contributed by atoms with Gasteiger partial charge in [0.1, 0.15) is 18.8 Å². The summed E-state index contributed by atoms with van der Waals surface area (Å²) in [7, 11) is 0. The average Bonchev–Trinajstić information content (AvgIpc) is 3.14. The molecule has 4 rings (SSSR count). The molecule has 0 aromatic heterocycles. The van der Waals surface area contributed by atoms with Gasteiger partial charge in [-0.2, -0.15) is 0 Å². The molecule has 0 fully saturated rings. The molecule has 33 heavy (non-hydrogen) atoms. The molecule has 0 radical (unpaired) electrons. The molecule has 2 atom stereocenters. The van der Waals surface area contributed by atoms with Crippen LogP contribution < -0.4 is 16.4 Å². The summed E-state index contributed by atoms with van der Waals surface area (Å²) >= 11 is 4.78. The summed E-state index contributed by atoms with van der Waals surface area (Å²) in [6.45, 7) is 0.0146. The quantitative estimate of drug-likeness (QED) is 0.342. The van der Waals surface area contributed by atoms with Crippen LogP contribution in [0.2, 0.25) is 0 Å². The Kier molecular flexibility index (Phi) is 6.88. The zero-order valence-corrected chi connectivity index (χ0v) is 18.6. The van der Waals surface area contributed by atoms with Gasteiger partial charge in [0.25, 0.3) is 0 Å². The maximum Gasteiger partial charge on any atom is 0.407 e. The number of carbonyl (C=O) groups is 1. The van der Waals surface area contributed by atoms with Gasteiger partial charge in [-0.3, -0.25) is 0 Å². The third kappa shape index (κ3) is 5.14. The number of nitrogens with one attached hydrogen (secondary N) is 2. The minimum Gasteiger partial charge on any atom is -0.449 e. The first-order valence-corrected chi connectivity index (χ1v) is 11.0. The van der Waals surface area contributed by atoms with Crippen LogP contribution >= 0.6 is 12.2 Å². The second kappa shape index (κ2) is 9.99. The Labute approximate surface area is 197 Å². The van der Waals surface area contributed by atoms with Gasteiger partial charge in [-0.1, -0.05) is 60.7 Å². The van der Waals surface area contributed by atoms with Gasteiger partial charge in [-0.15, -0.1) is 0 Å². The molecule has 0 saturated carbocycles. The highest BCUT2D eigenvalue weighted by atomic mass is 32.1. The largest absolute Gasteiger partial charge is 0.449 e. The van der Waals surface area contributed by atoms with Gasteiger partial charge in [-0.25, -0.2) is 4.79 Å². The van der Waals surface area contributed by atoms with E-state index in [2.05, 4.69) is 22.8 Å². The summed E-state index contributed by atoms with van der Waals surface area (Å²) in [5.41, 5.74) is 11.1. The number of aliphatic hydroxyl groups excluding tert-OH is 2. The average molecular weight is 464 g/mol. The molecule has 0 bridgehead atoms. The van der Waals surface area contributed by atoms with Crippen LogP contribution in [0.3, 0.4) is 0 Å². The van der Waals surface area contributed by atoms with Crippen molar-refractivity contribution in [2.24, 2.45) is 5.73 Å². The fraction of sp³-hybridized carbons (Fsp3) is 0.200. The van der Waals surface area contributed by atoms with Crippen molar-refractivity contribution in [3.8, 4) is 11.1 Å². The number of thiocarbonyl (C=S) groups is 1. The topological polar surface area (TPSA) is 117 Å². The van der Waals surface area contributed by atoms with E-state index in [1.165, 1.54) is 0 Å². The number of nitrogens with two attached hydrogens (primary N) is 1. The van der Waals surface area contributed by atoms with Crippen molar-refractivity contribution in [2.45, 2.75) is 18.1 Å². The van der Waals surface area contributed by atoms with E-state index in [-0.39, 0.29) is 24.2 Å². The van der Waals surface area contributed by atoms with Crippen molar-refractivity contribution >= 4 is 29.1 Å². The molecule has 0 saturated heterocycles. The number of hydrogen-bond donors (Lipinski definition) is 5. The lowest BCUT2D eigenvalue weighted by Gasteiger charge is -2.19. The Morgan fingerprint density at radius 3 is 2.12 bits per heavy atom. The summed E-state index contributed by atoms with van der Waals surface area (Å²) in [4.78, 5) is 12.3. The van der Waals surface area contributed by atoms with Crippen molar-refractivity contribution in [2.75, 3.05) is 18.5 Å². The number of alkyl carbamates (subject to hydrolysis) is 1. The molecular weight excluding hydrogens is 438 g/mol. The summed E-state index contributed by atoms with van der Waals surface area (Å²) in [6, 6.07) is 22.8. The second-order valence-corrected chi connectivity index (χ2v) is 8.27. The zero-order valence-electron chi connectivity index (χ0n) is 17.8. The van der Waals surface area contributed by atoms with Gasteiger partial charge in [0.15, 0.2) is 5.11 Å². The number of benzene rings is 3. The van der Waals surface area contributed by atoms with Crippen molar-refractivity contribution in [1.29, 1.82) is 0 Å². The predicted octanol–water partition coefficient (Wildman–Crippen LogP) is 3.28. The first-order valence-electron chi connectivity index (χ1n) is 10.6. The number of rotatable bonds is 7. The highest BCUT2D eigenvalue weighted by molar-refractivity contribution is 7.80. The maximum absolute atomic E-state index is 12.3. The molecule has 0 spiro atoms. The molecule has 6 N–H and O–H groups in total. The van der Waals surface area contributed by atoms with Crippen molar-refractivity contribution in [1.82, 2.24) is 5.32 Å². The van der Waals surface area contributed by atoms with E-state index in [1.807, 2.05) is 36.4 Å². The fourth-order valence-electron chi connectivity index (χ4n) is 4.08. The van der Waals surface area contributed by atoms with E-state index < -0.39 is 18.3 Å². The van der Waals surface area contributed by atoms with Crippen LogP contribution in [0.25, 0.3) is 11.1 Å². The first-order chi connectivity index (χ1) is 15.9. The zero-order chi connectivity index (χ0) is 23.4. The summed E-state index contributed by atoms with van der Waals surface area (Å²) in [5.74, 6) is -0.0489. The smallest absolute Gasteiger partial charge is 0.407 e. The van der Waals surface area contributed by atoms with Gasteiger partial charge < -0.3 is 31.3 Å². The van der Waals surface area contributed by atoms with Crippen LogP contribution in [-0.4, -0.2) is 40.7 Å². The van der Waals surface area contributed by atoms with Crippen LogP contribution in [0, 0.1) is 0 Å². The molecular formula is C25H25N3O4S. The van der Waals surface area contributed by atoms with Gasteiger partial charge in [-0.05, 0) is 52.2 Å². The molecule has 1 aliphatic carbocycles. The van der Waals surface area contributed by atoms with E-state index in [9.17, 15) is 15.0 Å². The molecule has 0 aliphatic heterocycles. The number of aliphatic hydroxyl groups is 2. The minimum atomic E-state index is -1.21. The lowest BCUT2D eigenvalue weighted by molar-refractivity contribution is 0.0185. The molecule has 0 heterocycles. The number of carbonyl (C=O) groups excluding carboxylic acids is 1. The lowest BCUT2D eigenvalue weighted by Crippen LogP contribution is -2.36.